The number of aromatic nitrogens is 1. The highest BCUT2D eigenvalue weighted by Gasteiger charge is 2.07. The van der Waals surface area contributed by atoms with E-state index in [1.807, 2.05) is 37.2 Å². The first-order valence-electron chi connectivity index (χ1n) is 4.58. The molecule has 0 aliphatic carbocycles. The van der Waals surface area contributed by atoms with Crippen LogP contribution >= 0.6 is 0 Å². The normalized spacial score (nSPS) is 11.4. The van der Waals surface area contributed by atoms with Gasteiger partial charge in [-0.15, -0.1) is 0 Å². The second-order valence-electron chi connectivity index (χ2n) is 3.72. The van der Waals surface area contributed by atoms with Crippen molar-refractivity contribution in [1.29, 1.82) is 0 Å². The zero-order chi connectivity index (χ0) is 10.1. The van der Waals surface area contributed by atoms with Gasteiger partial charge in [0.2, 0.25) is 0 Å². The predicted molar refractivity (Wildman–Crippen MR) is 55.8 cm³/mol. The maximum absolute atomic E-state index is 13.4. The first-order valence-corrected chi connectivity index (χ1v) is 4.58. The lowest BCUT2D eigenvalue weighted by Gasteiger charge is -2.07. The van der Waals surface area contributed by atoms with Crippen molar-refractivity contribution in [2.75, 3.05) is 14.1 Å². The number of halogens is 1. The van der Waals surface area contributed by atoms with Crippen molar-refractivity contribution in [3.8, 4) is 0 Å². The zero-order valence-corrected chi connectivity index (χ0v) is 8.37. The minimum absolute atomic E-state index is 0.643. The maximum Gasteiger partial charge on any atom is 0.0816 e. The van der Waals surface area contributed by atoms with Gasteiger partial charge < -0.3 is 4.90 Å². The number of para-hydroxylation sites is 1. The maximum atomic E-state index is 13.4. The van der Waals surface area contributed by atoms with Gasteiger partial charge in [0.15, 0.2) is 0 Å². The molecule has 2 aromatic rings. The number of rotatable bonds is 2. The monoisotopic (exact) mass is 192 g/mol. The molecular weight excluding hydrogens is 179 g/mol. The van der Waals surface area contributed by atoms with Crippen LogP contribution in [0.25, 0.3) is 10.9 Å². The van der Waals surface area contributed by atoms with Gasteiger partial charge in [-0.25, -0.2) is 0 Å². The Labute approximate surface area is 82.5 Å². The number of benzene rings is 1. The van der Waals surface area contributed by atoms with Crippen LogP contribution < -0.4 is 0 Å². The Bertz CT molecular complexity index is 445. The molecule has 0 amide bonds. The lowest BCUT2D eigenvalue weighted by Crippen LogP contribution is -2.10. The summed E-state index contributed by atoms with van der Waals surface area (Å²) in [5.41, 5.74) is 1.66. The van der Waals surface area contributed by atoms with Crippen LogP contribution in [0.3, 0.4) is 0 Å². The smallest absolute Gasteiger partial charge is 0.0816 e. The summed E-state index contributed by atoms with van der Waals surface area (Å²) < 4.78 is 13.4. The van der Waals surface area contributed by atoms with Crippen LogP contribution in [0.15, 0.2) is 30.5 Å². The molecule has 0 atom stereocenters. The number of nitrogens with zero attached hydrogens (tertiary/aromatic N) is 2. The molecule has 1 aromatic carbocycles. The second kappa shape index (κ2) is 3.42. The Kier molecular flexibility index (Phi) is 2.25. The quantitative estimate of drug-likeness (QED) is 0.709. The predicted octanol–water partition coefficient (Wildman–Crippen LogP) is 2.44. The van der Waals surface area contributed by atoms with E-state index in [1.165, 1.54) is 0 Å². The van der Waals surface area contributed by atoms with E-state index in [4.69, 9.17) is 0 Å². The third-order valence-electron chi connectivity index (χ3n) is 2.24. The summed E-state index contributed by atoms with van der Waals surface area (Å²) in [5.74, 6) is 0. The van der Waals surface area contributed by atoms with Crippen molar-refractivity contribution in [2.45, 2.75) is 6.54 Å². The lowest BCUT2D eigenvalue weighted by atomic mass is 10.2. The van der Waals surface area contributed by atoms with Gasteiger partial charge in [0, 0.05) is 18.1 Å². The van der Waals surface area contributed by atoms with Crippen LogP contribution in [0.5, 0.6) is 0 Å². The fraction of sp³-hybridized carbons (Fsp3) is 0.273. The van der Waals surface area contributed by atoms with E-state index < -0.39 is 0 Å². The number of hydrogen-bond acceptors (Lipinski definition) is 1. The van der Waals surface area contributed by atoms with Crippen LogP contribution in [0.2, 0.25) is 0 Å². The molecule has 2 nitrogen and oxygen atoms in total. The Hall–Kier alpha value is -1.35. The third kappa shape index (κ3) is 1.51. The lowest BCUT2D eigenvalue weighted by molar-refractivity contribution is 0.377. The van der Waals surface area contributed by atoms with E-state index in [0.717, 1.165) is 17.5 Å². The summed E-state index contributed by atoms with van der Waals surface area (Å²) in [6, 6.07) is 7.51. The standard InChI is InChI=1S/C11H13FN2/c1-13(2)7-9-8-14(12)11-6-4-3-5-10(9)11/h3-6,8H,7H2,1-2H3. The Balaban J connectivity index is 2.55. The van der Waals surface area contributed by atoms with Crippen LogP contribution in [0.1, 0.15) is 5.56 Å². The van der Waals surface area contributed by atoms with Gasteiger partial charge in [0.05, 0.1) is 5.52 Å². The van der Waals surface area contributed by atoms with E-state index in [9.17, 15) is 4.48 Å². The molecule has 0 saturated heterocycles. The van der Waals surface area contributed by atoms with Crippen molar-refractivity contribution in [1.82, 2.24) is 9.69 Å². The van der Waals surface area contributed by atoms with E-state index in [2.05, 4.69) is 0 Å². The first-order chi connectivity index (χ1) is 6.68. The van der Waals surface area contributed by atoms with Gasteiger partial charge in [0.1, 0.15) is 0 Å². The summed E-state index contributed by atoms with van der Waals surface area (Å²) in [7, 11) is 3.95. The molecule has 1 heterocycles. The highest BCUT2D eigenvalue weighted by molar-refractivity contribution is 5.83. The summed E-state index contributed by atoms with van der Waals surface area (Å²) >= 11 is 0. The fourth-order valence-electron chi connectivity index (χ4n) is 1.67. The molecule has 0 saturated carbocycles. The molecule has 3 heteroatoms. The second-order valence-corrected chi connectivity index (χ2v) is 3.72. The molecule has 2 rings (SSSR count). The van der Waals surface area contributed by atoms with Crippen molar-refractivity contribution >= 4 is 10.9 Å². The molecule has 0 fully saturated rings. The third-order valence-corrected chi connectivity index (χ3v) is 2.24. The van der Waals surface area contributed by atoms with Crippen molar-refractivity contribution in [2.24, 2.45) is 0 Å². The minimum Gasteiger partial charge on any atom is -0.305 e. The van der Waals surface area contributed by atoms with Gasteiger partial charge in [-0.1, -0.05) is 22.7 Å². The molecule has 0 N–H and O–H groups in total. The molecule has 0 bridgehead atoms. The van der Waals surface area contributed by atoms with Crippen LogP contribution in [-0.4, -0.2) is 23.8 Å². The highest BCUT2D eigenvalue weighted by Crippen LogP contribution is 2.21. The van der Waals surface area contributed by atoms with Gasteiger partial charge in [-0.3, -0.25) is 0 Å². The van der Waals surface area contributed by atoms with Crippen molar-refractivity contribution < 1.29 is 4.48 Å². The van der Waals surface area contributed by atoms with Gasteiger partial charge in [-0.05, 0) is 25.7 Å². The van der Waals surface area contributed by atoms with Gasteiger partial charge >= 0.3 is 0 Å². The summed E-state index contributed by atoms with van der Waals surface area (Å²) in [6.45, 7) is 0.761. The molecule has 0 aliphatic rings. The first kappa shape index (κ1) is 9.21. The Morgan fingerprint density at radius 3 is 2.71 bits per heavy atom. The average Bonchev–Trinajstić information content (AvgIpc) is 2.44. The van der Waals surface area contributed by atoms with Gasteiger partial charge in [-0.2, -0.15) is 4.79 Å². The van der Waals surface area contributed by atoms with E-state index in [1.54, 1.807) is 12.3 Å². The SMILES string of the molecule is CN(C)Cc1cn(F)c2ccccc12. The largest absolute Gasteiger partial charge is 0.305 e. The minimum atomic E-state index is 0.643. The van der Waals surface area contributed by atoms with Crippen molar-refractivity contribution in [3.63, 3.8) is 0 Å². The van der Waals surface area contributed by atoms with Crippen molar-refractivity contribution in [3.05, 3.63) is 36.0 Å². The molecule has 0 spiro atoms. The highest BCUT2D eigenvalue weighted by atomic mass is 19.2. The zero-order valence-electron chi connectivity index (χ0n) is 8.37. The summed E-state index contributed by atoms with van der Waals surface area (Å²) in [6.07, 6.45) is 1.55. The van der Waals surface area contributed by atoms with Crippen LogP contribution in [-0.2, 0) is 6.54 Å². The number of hydrogen-bond donors (Lipinski definition) is 0. The molecular formula is C11H13FN2. The number of fused-ring (bicyclic) bond motifs is 1. The van der Waals surface area contributed by atoms with E-state index >= 15 is 0 Å². The van der Waals surface area contributed by atoms with Crippen LogP contribution in [0.4, 0.5) is 4.48 Å². The van der Waals surface area contributed by atoms with E-state index in [-0.39, 0.29) is 0 Å². The molecule has 0 aliphatic heterocycles. The summed E-state index contributed by atoms with van der Waals surface area (Å²) in [4.78, 5) is 2.72. The van der Waals surface area contributed by atoms with Gasteiger partial charge in [0.25, 0.3) is 0 Å². The van der Waals surface area contributed by atoms with E-state index in [0.29, 0.717) is 10.3 Å². The summed E-state index contributed by atoms with van der Waals surface area (Å²) in [5, 5.41) is 0.990. The molecule has 14 heavy (non-hydrogen) atoms. The average molecular weight is 192 g/mol. The topological polar surface area (TPSA) is 8.17 Å². The molecule has 0 unspecified atom stereocenters. The fourth-order valence-corrected chi connectivity index (χ4v) is 1.67. The molecule has 0 radical (unpaired) electrons. The molecule has 74 valence electrons. The Morgan fingerprint density at radius 1 is 1.29 bits per heavy atom. The Morgan fingerprint density at radius 2 is 2.00 bits per heavy atom. The van der Waals surface area contributed by atoms with Crippen LogP contribution in [0, 0.1) is 0 Å². The molecule has 1 aromatic heterocycles.